The van der Waals surface area contributed by atoms with Gasteiger partial charge in [-0.15, -0.1) is 0 Å². The Morgan fingerprint density at radius 2 is 1.81 bits per heavy atom. The predicted octanol–water partition coefficient (Wildman–Crippen LogP) is 3.34. The van der Waals surface area contributed by atoms with Gasteiger partial charge in [0.1, 0.15) is 23.0 Å². The number of amides is 1. The van der Waals surface area contributed by atoms with E-state index in [1.54, 1.807) is 0 Å². The van der Waals surface area contributed by atoms with Gasteiger partial charge in [-0.05, 0) is 30.3 Å². The first-order valence-corrected chi connectivity index (χ1v) is 8.98. The van der Waals surface area contributed by atoms with Crippen molar-refractivity contribution in [1.82, 2.24) is 4.98 Å². The minimum absolute atomic E-state index is 0.136. The Labute approximate surface area is 153 Å². The summed E-state index contributed by atoms with van der Waals surface area (Å²) in [4.78, 5) is 15.6. The van der Waals surface area contributed by atoms with Crippen molar-refractivity contribution in [3.8, 4) is 11.5 Å². The van der Waals surface area contributed by atoms with Crippen LogP contribution in [0.5, 0.6) is 0 Å². The monoisotopic (exact) mass is 395 g/mol. The maximum absolute atomic E-state index is 14.2. The number of carbonyl (C=O) groups is 1. The first-order valence-electron chi connectivity index (χ1n) is 7.43. The van der Waals surface area contributed by atoms with E-state index in [1.807, 2.05) is 0 Å². The summed E-state index contributed by atoms with van der Waals surface area (Å²) in [7, 11) is -1.39. The van der Waals surface area contributed by atoms with E-state index in [-0.39, 0.29) is 16.5 Å². The maximum atomic E-state index is 14.2. The van der Waals surface area contributed by atoms with Crippen molar-refractivity contribution in [3.05, 3.63) is 59.5 Å². The number of halogens is 3. The molecule has 0 bridgehead atoms. The number of aromatic nitrogens is 1. The third-order valence-corrected chi connectivity index (χ3v) is 4.48. The molecule has 0 saturated heterocycles. The van der Waals surface area contributed by atoms with Crippen molar-refractivity contribution < 1.29 is 26.6 Å². The highest BCUT2D eigenvalue weighted by atomic mass is 32.2. The number of nitrogens with zero attached hydrogens (tertiary/aromatic N) is 1. The minimum Gasteiger partial charge on any atom is -0.419 e. The molecule has 2 aromatic carbocycles. The van der Waals surface area contributed by atoms with Crippen molar-refractivity contribution >= 4 is 28.3 Å². The summed E-state index contributed by atoms with van der Waals surface area (Å²) in [6.45, 7) is 0. The Morgan fingerprint density at radius 1 is 1.15 bits per heavy atom. The second kappa shape index (κ2) is 7.23. The lowest BCUT2D eigenvalue weighted by molar-refractivity contribution is 0.0996. The number of carbonyl (C=O) groups excluding carboxylic acids is 1. The van der Waals surface area contributed by atoms with E-state index in [0.717, 1.165) is 24.3 Å². The summed E-state index contributed by atoms with van der Waals surface area (Å²) >= 11 is 0. The molecule has 0 aliphatic carbocycles. The Kier molecular flexibility index (Phi) is 5.00. The lowest BCUT2D eigenvalue weighted by atomic mass is 10.2. The standard InChI is InChI=1S/C17H12F3N3O3S/c1-27(25)8-5-6-12(11(20)7-8)22-17-14(15(21)24)23-16(26-17)13-9(18)3-2-4-10(13)19/h2-7,22H,1H3,(H2,21,24). The van der Waals surface area contributed by atoms with E-state index < -0.39 is 51.3 Å². The molecule has 1 atom stereocenters. The van der Waals surface area contributed by atoms with Gasteiger partial charge < -0.3 is 15.5 Å². The van der Waals surface area contributed by atoms with Gasteiger partial charge in [-0.1, -0.05) is 6.07 Å². The molecule has 1 amide bonds. The first kappa shape index (κ1) is 18.6. The Balaban J connectivity index is 2.05. The molecule has 1 heterocycles. The van der Waals surface area contributed by atoms with Crippen LogP contribution in [0.2, 0.25) is 0 Å². The average molecular weight is 395 g/mol. The minimum atomic E-state index is -1.39. The van der Waals surface area contributed by atoms with E-state index in [0.29, 0.717) is 0 Å². The maximum Gasteiger partial charge on any atom is 0.273 e. The largest absolute Gasteiger partial charge is 0.419 e. The summed E-state index contributed by atoms with van der Waals surface area (Å²) in [5.41, 5.74) is 4.02. The number of nitrogens with two attached hydrogens (primary N) is 1. The highest BCUT2D eigenvalue weighted by molar-refractivity contribution is 7.84. The van der Waals surface area contributed by atoms with Crippen molar-refractivity contribution in [3.63, 3.8) is 0 Å². The molecule has 10 heteroatoms. The van der Waals surface area contributed by atoms with E-state index >= 15 is 0 Å². The fraction of sp³-hybridized carbons (Fsp3) is 0.0588. The van der Waals surface area contributed by atoms with Gasteiger partial charge in [0, 0.05) is 22.0 Å². The zero-order chi connectivity index (χ0) is 19.7. The van der Waals surface area contributed by atoms with E-state index in [9.17, 15) is 22.2 Å². The molecule has 27 heavy (non-hydrogen) atoms. The molecule has 0 fully saturated rings. The highest BCUT2D eigenvalue weighted by Crippen LogP contribution is 2.32. The fourth-order valence-electron chi connectivity index (χ4n) is 2.28. The molecule has 0 aliphatic heterocycles. The molecule has 0 saturated carbocycles. The molecular formula is C17H12F3N3O3S. The number of nitrogens with one attached hydrogen (secondary N) is 1. The lowest BCUT2D eigenvalue weighted by Crippen LogP contribution is -2.13. The molecule has 140 valence electrons. The van der Waals surface area contributed by atoms with Gasteiger partial charge >= 0.3 is 0 Å². The molecule has 0 spiro atoms. The number of primary amides is 1. The first-order chi connectivity index (χ1) is 12.8. The molecule has 6 nitrogen and oxygen atoms in total. The van der Waals surface area contributed by atoms with Gasteiger partial charge in [-0.3, -0.25) is 9.00 Å². The fourth-order valence-corrected chi connectivity index (χ4v) is 2.81. The third kappa shape index (κ3) is 3.70. The van der Waals surface area contributed by atoms with Crippen LogP contribution >= 0.6 is 0 Å². The Hall–Kier alpha value is -3.14. The van der Waals surface area contributed by atoms with Crippen LogP contribution in [-0.4, -0.2) is 21.4 Å². The molecule has 3 rings (SSSR count). The van der Waals surface area contributed by atoms with E-state index in [4.69, 9.17) is 10.2 Å². The highest BCUT2D eigenvalue weighted by Gasteiger charge is 2.24. The summed E-state index contributed by atoms with van der Waals surface area (Å²) in [6.07, 6.45) is 1.39. The van der Waals surface area contributed by atoms with Crippen molar-refractivity contribution in [1.29, 1.82) is 0 Å². The predicted molar refractivity (Wildman–Crippen MR) is 92.4 cm³/mol. The number of benzene rings is 2. The van der Waals surface area contributed by atoms with Gasteiger partial charge in [0.25, 0.3) is 5.91 Å². The second-order valence-corrected chi connectivity index (χ2v) is 6.76. The van der Waals surface area contributed by atoms with Gasteiger partial charge in [0.2, 0.25) is 11.8 Å². The van der Waals surface area contributed by atoms with Crippen molar-refractivity contribution in [2.75, 3.05) is 11.6 Å². The number of oxazole rings is 1. The van der Waals surface area contributed by atoms with Gasteiger partial charge in [0.15, 0.2) is 5.69 Å². The zero-order valence-electron chi connectivity index (χ0n) is 13.8. The molecule has 3 N–H and O–H groups in total. The topological polar surface area (TPSA) is 98.2 Å². The van der Waals surface area contributed by atoms with Crippen molar-refractivity contribution in [2.45, 2.75) is 4.90 Å². The summed E-state index contributed by atoms with van der Waals surface area (Å²) < 4.78 is 58.7. The zero-order valence-corrected chi connectivity index (χ0v) is 14.6. The van der Waals surface area contributed by atoms with Crippen LogP contribution in [0.4, 0.5) is 24.7 Å². The summed E-state index contributed by atoms with van der Waals surface area (Å²) in [5, 5.41) is 2.47. The molecule has 0 aliphatic rings. The smallest absolute Gasteiger partial charge is 0.273 e. The summed E-state index contributed by atoms with van der Waals surface area (Å²) in [5.74, 6) is -4.67. The Morgan fingerprint density at radius 3 is 2.37 bits per heavy atom. The molecule has 0 radical (unpaired) electrons. The SMILES string of the molecule is CS(=O)c1ccc(Nc2oc(-c3c(F)cccc3F)nc2C(N)=O)c(F)c1. The van der Waals surface area contributed by atoms with Crippen LogP contribution in [0, 0.1) is 17.5 Å². The van der Waals surface area contributed by atoms with Gasteiger partial charge in [-0.25, -0.2) is 18.2 Å². The summed E-state index contributed by atoms with van der Waals surface area (Å²) in [6, 6.07) is 6.84. The number of anilines is 2. The van der Waals surface area contributed by atoms with Crippen LogP contribution in [0.15, 0.2) is 45.7 Å². The third-order valence-electron chi connectivity index (χ3n) is 3.56. The number of hydrogen-bond donors (Lipinski definition) is 2. The van der Waals surface area contributed by atoms with Crippen molar-refractivity contribution in [2.24, 2.45) is 5.73 Å². The van der Waals surface area contributed by atoms with Crippen LogP contribution in [-0.2, 0) is 10.8 Å². The second-order valence-electron chi connectivity index (χ2n) is 5.38. The lowest BCUT2D eigenvalue weighted by Gasteiger charge is -2.06. The van der Waals surface area contributed by atoms with Crippen LogP contribution in [0.1, 0.15) is 10.5 Å². The molecule has 3 aromatic rings. The Bertz CT molecular complexity index is 1050. The molecular weight excluding hydrogens is 383 g/mol. The van der Waals surface area contributed by atoms with Gasteiger partial charge in [0.05, 0.1) is 5.69 Å². The van der Waals surface area contributed by atoms with E-state index in [1.165, 1.54) is 18.4 Å². The van der Waals surface area contributed by atoms with Gasteiger partial charge in [-0.2, -0.15) is 0 Å². The number of hydrogen-bond acceptors (Lipinski definition) is 5. The molecule has 1 unspecified atom stereocenters. The van der Waals surface area contributed by atoms with Crippen LogP contribution in [0.3, 0.4) is 0 Å². The van der Waals surface area contributed by atoms with E-state index in [2.05, 4.69) is 10.3 Å². The normalized spacial score (nSPS) is 12.0. The van der Waals surface area contributed by atoms with Crippen LogP contribution < -0.4 is 11.1 Å². The average Bonchev–Trinajstić information content (AvgIpc) is 3.00. The number of rotatable bonds is 5. The van der Waals surface area contributed by atoms with Crippen LogP contribution in [0.25, 0.3) is 11.5 Å². The quantitative estimate of drug-likeness (QED) is 0.691. The molecule has 1 aromatic heterocycles.